The van der Waals surface area contributed by atoms with Crippen molar-refractivity contribution in [2.45, 2.75) is 20.4 Å². The molecule has 1 unspecified atom stereocenters. The van der Waals surface area contributed by atoms with Gasteiger partial charge in [0.05, 0.1) is 22.8 Å². The molecule has 0 aromatic heterocycles. The van der Waals surface area contributed by atoms with E-state index in [0.29, 0.717) is 22.3 Å². The number of aryl methyl sites for hydroxylation is 2. The molecule has 2 aromatic carbocycles. The fraction of sp³-hybridized carbons (Fsp3) is 0.278. The number of halogens is 2. The predicted molar refractivity (Wildman–Crippen MR) is 96.5 cm³/mol. The summed E-state index contributed by atoms with van der Waals surface area (Å²) >= 11 is 12.1. The second kappa shape index (κ2) is 7.82. The van der Waals surface area contributed by atoms with Crippen LogP contribution in [-0.2, 0) is 11.3 Å². The van der Waals surface area contributed by atoms with Gasteiger partial charge in [-0.1, -0.05) is 53.0 Å². The summed E-state index contributed by atoms with van der Waals surface area (Å²) in [5.41, 5.74) is 4.20. The molecule has 3 nitrogen and oxygen atoms in total. The molecule has 23 heavy (non-hydrogen) atoms. The maximum atomic E-state index is 12.2. The van der Waals surface area contributed by atoms with Crippen molar-refractivity contribution in [3.05, 3.63) is 63.1 Å². The molecule has 1 atom stereocenters. The Morgan fingerprint density at radius 1 is 1.13 bits per heavy atom. The quantitative estimate of drug-likeness (QED) is 0.851. The highest BCUT2D eigenvalue weighted by Gasteiger charge is 2.15. The summed E-state index contributed by atoms with van der Waals surface area (Å²) in [4.78, 5) is 13.3. The molecule has 0 radical (unpaired) electrons. The Hall–Kier alpha value is -1.55. The Morgan fingerprint density at radius 3 is 2.43 bits per heavy atom. The molecule has 2 aromatic rings. The third-order valence-electron chi connectivity index (χ3n) is 3.69. The van der Waals surface area contributed by atoms with Crippen LogP contribution in [0.15, 0.2) is 36.4 Å². The van der Waals surface area contributed by atoms with Crippen LogP contribution < -0.4 is 10.2 Å². The van der Waals surface area contributed by atoms with Gasteiger partial charge in [0.2, 0.25) is 0 Å². The Balaban J connectivity index is 1.98. The molecule has 0 aliphatic heterocycles. The lowest BCUT2D eigenvalue weighted by atomic mass is 10.1. The number of amides is 1. The third-order valence-corrected chi connectivity index (χ3v) is 4.32. The first-order valence-electron chi connectivity index (χ1n) is 7.48. The Kier molecular flexibility index (Phi) is 6.05. The average Bonchev–Trinajstić information content (AvgIpc) is 2.47. The third kappa shape index (κ3) is 4.96. The van der Waals surface area contributed by atoms with Crippen LogP contribution in [0.1, 0.15) is 16.7 Å². The molecular weight excluding hydrogens is 331 g/mol. The molecule has 1 amide bonds. The molecule has 5 heteroatoms. The molecule has 0 spiro atoms. The SMILES string of the molecule is Cc1ccc(C)c(C[NH+](C)CC(=O)Nc2c(Cl)cccc2Cl)c1. The first-order chi connectivity index (χ1) is 10.9. The molecule has 2 rings (SSSR count). The number of para-hydroxylation sites is 1. The minimum Gasteiger partial charge on any atom is -0.326 e. The summed E-state index contributed by atoms with van der Waals surface area (Å²) in [6, 6.07) is 11.5. The highest BCUT2D eigenvalue weighted by atomic mass is 35.5. The van der Waals surface area contributed by atoms with Gasteiger partial charge >= 0.3 is 0 Å². The maximum Gasteiger partial charge on any atom is 0.279 e. The largest absolute Gasteiger partial charge is 0.326 e. The minimum absolute atomic E-state index is 0.109. The number of hydrogen-bond donors (Lipinski definition) is 2. The van der Waals surface area contributed by atoms with E-state index >= 15 is 0 Å². The van der Waals surface area contributed by atoms with E-state index in [4.69, 9.17) is 23.2 Å². The summed E-state index contributed by atoms with van der Waals surface area (Å²) < 4.78 is 0. The van der Waals surface area contributed by atoms with Gasteiger partial charge in [-0.2, -0.15) is 0 Å². The van der Waals surface area contributed by atoms with Gasteiger partial charge in [-0.15, -0.1) is 0 Å². The summed E-state index contributed by atoms with van der Waals surface area (Å²) in [7, 11) is 2.00. The lowest BCUT2D eigenvalue weighted by molar-refractivity contribution is -0.885. The van der Waals surface area contributed by atoms with Gasteiger partial charge in [0.15, 0.2) is 6.54 Å². The van der Waals surface area contributed by atoms with Crippen molar-refractivity contribution in [2.24, 2.45) is 0 Å². The summed E-state index contributed by atoms with van der Waals surface area (Å²) in [6.07, 6.45) is 0. The van der Waals surface area contributed by atoms with Gasteiger partial charge in [-0.05, 0) is 31.5 Å². The fourth-order valence-corrected chi connectivity index (χ4v) is 2.95. The molecule has 0 fully saturated rings. The maximum absolute atomic E-state index is 12.2. The second-order valence-electron chi connectivity index (χ2n) is 5.89. The van der Waals surface area contributed by atoms with E-state index in [1.165, 1.54) is 16.7 Å². The number of carbonyl (C=O) groups is 1. The van der Waals surface area contributed by atoms with E-state index in [1.54, 1.807) is 18.2 Å². The first kappa shape index (κ1) is 17.8. The van der Waals surface area contributed by atoms with Gasteiger partial charge in [-0.25, -0.2) is 0 Å². The van der Waals surface area contributed by atoms with Gasteiger partial charge in [0.25, 0.3) is 5.91 Å². The number of nitrogens with one attached hydrogen (secondary N) is 2. The number of carbonyl (C=O) groups excluding carboxylic acids is 1. The van der Waals surface area contributed by atoms with E-state index in [-0.39, 0.29) is 5.91 Å². The summed E-state index contributed by atoms with van der Waals surface area (Å²) in [5.74, 6) is -0.109. The molecule has 0 aliphatic rings. The van der Waals surface area contributed by atoms with Crippen molar-refractivity contribution >= 4 is 34.8 Å². The molecule has 122 valence electrons. The van der Waals surface area contributed by atoms with Crippen LogP contribution in [-0.4, -0.2) is 19.5 Å². The molecule has 0 saturated carbocycles. The van der Waals surface area contributed by atoms with E-state index in [2.05, 4.69) is 37.4 Å². The fourth-order valence-electron chi connectivity index (χ4n) is 2.45. The van der Waals surface area contributed by atoms with E-state index in [0.717, 1.165) is 11.4 Å². The standard InChI is InChI=1S/C18H20Cl2N2O/c1-12-7-8-13(2)14(9-12)10-22(3)11-17(23)21-18-15(19)5-4-6-16(18)20/h4-9H,10-11H2,1-3H3,(H,21,23)/p+1. The minimum atomic E-state index is -0.109. The number of benzene rings is 2. The van der Waals surface area contributed by atoms with Crippen LogP contribution in [0.4, 0.5) is 5.69 Å². The van der Waals surface area contributed by atoms with Crippen molar-refractivity contribution in [1.82, 2.24) is 0 Å². The number of anilines is 1. The zero-order valence-electron chi connectivity index (χ0n) is 13.5. The number of rotatable bonds is 5. The summed E-state index contributed by atoms with van der Waals surface area (Å²) in [6.45, 7) is 5.29. The molecule has 0 aliphatic carbocycles. The van der Waals surface area contributed by atoms with E-state index < -0.39 is 0 Å². The Morgan fingerprint density at radius 2 is 1.78 bits per heavy atom. The highest BCUT2D eigenvalue weighted by Crippen LogP contribution is 2.29. The number of hydrogen-bond acceptors (Lipinski definition) is 1. The van der Waals surface area contributed by atoms with Crippen LogP contribution >= 0.6 is 23.2 Å². The normalized spacial score (nSPS) is 12.0. The lowest BCUT2D eigenvalue weighted by Gasteiger charge is -2.16. The van der Waals surface area contributed by atoms with Crippen molar-refractivity contribution in [1.29, 1.82) is 0 Å². The van der Waals surface area contributed by atoms with Gasteiger partial charge < -0.3 is 10.2 Å². The highest BCUT2D eigenvalue weighted by molar-refractivity contribution is 6.39. The zero-order chi connectivity index (χ0) is 17.0. The molecular formula is C18H21Cl2N2O+. The van der Waals surface area contributed by atoms with Crippen LogP contribution in [0, 0.1) is 13.8 Å². The predicted octanol–water partition coefficient (Wildman–Crippen LogP) is 3.26. The van der Waals surface area contributed by atoms with Crippen molar-refractivity contribution < 1.29 is 9.69 Å². The Labute approximate surface area is 147 Å². The average molecular weight is 352 g/mol. The molecule has 0 saturated heterocycles. The van der Waals surface area contributed by atoms with Gasteiger partial charge in [0.1, 0.15) is 6.54 Å². The zero-order valence-corrected chi connectivity index (χ0v) is 15.1. The van der Waals surface area contributed by atoms with Crippen LogP contribution in [0.2, 0.25) is 10.0 Å². The number of likely N-dealkylation sites (N-methyl/N-ethyl adjacent to an activating group) is 1. The van der Waals surface area contributed by atoms with Crippen molar-refractivity contribution in [3.8, 4) is 0 Å². The van der Waals surface area contributed by atoms with Gasteiger partial charge in [0, 0.05) is 5.56 Å². The molecule has 0 heterocycles. The van der Waals surface area contributed by atoms with E-state index in [9.17, 15) is 4.79 Å². The van der Waals surface area contributed by atoms with Crippen molar-refractivity contribution in [2.75, 3.05) is 18.9 Å². The summed E-state index contributed by atoms with van der Waals surface area (Å²) in [5, 5.41) is 3.68. The lowest BCUT2D eigenvalue weighted by Crippen LogP contribution is -3.08. The second-order valence-corrected chi connectivity index (χ2v) is 6.70. The number of quaternary nitrogens is 1. The smallest absolute Gasteiger partial charge is 0.279 e. The monoisotopic (exact) mass is 351 g/mol. The topological polar surface area (TPSA) is 33.5 Å². The van der Waals surface area contributed by atoms with Crippen LogP contribution in [0.5, 0.6) is 0 Å². The Bertz CT molecular complexity index is 696. The van der Waals surface area contributed by atoms with Crippen molar-refractivity contribution in [3.63, 3.8) is 0 Å². The van der Waals surface area contributed by atoms with Gasteiger partial charge in [-0.3, -0.25) is 4.79 Å². The first-order valence-corrected chi connectivity index (χ1v) is 8.23. The van der Waals surface area contributed by atoms with Crippen LogP contribution in [0.3, 0.4) is 0 Å². The van der Waals surface area contributed by atoms with Crippen LogP contribution in [0.25, 0.3) is 0 Å². The van der Waals surface area contributed by atoms with E-state index in [1.807, 2.05) is 7.05 Å². The molecule has 0 bridgehead atoms. The molecule has 2 N–H and O–H groups in total.